The van der Waals surface area contributed by atoms with Gasteiger partial charge in [-0.2, -0.15) is 4.31 Å². The van der Waals surface area contributed by atoms with Crippen LogP contribution in [0.15, 0.2) is 20.0 Å². The normalized spacial score (nSPS) is 21.4. The van der Waals surface area contributed by atoms with Gasteiger partial charge in [0.25, 0.3) is 0 Å². The van der Waals surface area contributed by atoms with E-state index in [-0.39, 0.29) is 15.4 Å². The van der Waals surface area contributed by atoms with E-state index < -0.39 is 10.0 Å². The summed E-state index contributed by atoms with van der Waals surface area (Å²) in [5.74, 6) is 1.52. The summed E-state index contributed by atoms with van der Waals surface area (Å²) in [6.45, 7) is 5.40. The fourth-order valence-electron chi connectivity index (χ4n) is 2.30. The molecule has 1 aliphatic heterocycles. The Bertz CT molecular complexity index is 555. The van der Waals surface area contributed by atoms with Gasteiger partial charge in [-0.1, -0.05) is 13.8 Å². The Morgan fingerprint density at radius 3 is 2.74 bits per heavy atom. The first-order valence-corrected chi connectivity index (χ1v) is 8.97. The van der Waals surface area contributed by atoms with Crippen LogP contribution in [-0.2, 0) is 15.9 Å². The van der Waals surface area contributed by atoms with Gasteiger partial charge in [0.15, 0.2) is 4.67 Å². The standard InChI is InChI=1S/C12H17BrClNO3S/c1-8(2)9-3-4-15(7-9)19(16,17)11-5-10(6-14)18-12(11)13/h5,8-9H,3-4,6-7H2,1-2H3. The van der Waals surface area contributed by atoms with E-state index in [4.69, 9.17) is 16.0 Å². The van der Waals surface area contributed by atoms with Crippen molar-refractivity contribution in [3.8, 4) is 0 Å². The monoisotopic (exact) mass is 369 g/mol. The van der Waals surface area contributed by atoms with Gasteiger partial charge in [0, 0.05) is 19.2 Å². The Morgan fingerprint density at radius 2 is 2.26 bits per heavy atom. The summed E-state index contributed by atoms with van der Waals surface area (Å²) in [5, 5.41) is 0. The van der Waals surface area contributed by atoms with Gasteiger partial charge in [0.1, 0.15) is 10.7 Å². The van der Waals surface area contributed by atoms with Crippen LogP contribution in [0.25, 0.3) is 0 Å². The van der Waals surface area contributed by atoms with Crippen molar-refractivity contribution < 1.29 is 12.8 Å². The Kier molecular flexibility index (Phi) is 4.65. The number of alkyl halides is 1. The van der Waals surface area contributed by atoms with Crippen LogP contribution < -0.4 is 0 Å². The number of nitrogens with zero attached hydrogens (tertiary/aromatic N) is 1. The lowest BCUT2D eigenvalue weighted by Crippen LogP contribution is -2.29. The maximum Gasteiger partial charge on any atom is 0.247 e. The second-order valence-electron chi connectivity index (χ2n) is 5.14. The molecular weight excluding hydrogens is 354 g/mol. The molecule has 0 amide bonds. The fourth-order valence-corrected chi connectivity index (χ4v) is 4.90. The van der Waals surface area contributed by atoms with Crippen molar-refractivity contribution in [1.82, 2.24) is 4.31 Å². The zero-order valence-electron chi connectivity index (χ0n) is 10.9. The molecule has 2 rings (SSSR count). The number of hydrogen-bond donors (Lipinski definition) is 0. The summed E-state index contributed by atoms with van der Waals surface area (Å²) >= 11 is 8.82. The highest BCUT2D eigenvalue weighted by Crippen LogP contribution is 2.33. The van der Waals surface area contributed by atoms with E-state index >= 15 is 0 Å². The number of rotatable bonds is 4. The lowest BCUT2D eigenvalue weighted by Gasteiger charge is -2.17. The Labute approximate surface area is 127 Å². The van der Waals surface area contributed by atoms with E-state index in [0.717, 1.165) is 6.42 Å². The number of halogens is 2. The largest absolute Gasteiger partial charge is 0.452 e. The average molecular weight is 371 g/mol. The van der Waals surface area contributed by atoms with E-state index in [2.05, 4.69) is 29.8 Å². The predicted molar refractivity (Wildman–Crippen MR) is 77.7 cm³/mol. The van der Waals surface area contributed by atoms with Crippen LogP contribution >= 0.6 is 27.5 Å². The molecule has 7 heteroatoms. The molecular formula is C12H17BrClNO3S. The van der Waals surface area contributed by atoms with E-state index in [1.165, 1.54) is 10.4 Å². The minimum Gasteiger partial charge on any atom is -0.452 e. The highest BCUT2D eigenvalue weighted by Gasteiger charge is 2.36. The second kappa shape index (κ2) is 5.76. The summed E-state index contributed by atoms with van der Waals surface area (Å²) in [4.78, 5) is 0.174. The van der Waals surface area contributed by atoms with Crippen LogP contribution in [0.5, 0.6) is 0 Å². The summed E-state index contributed by atoms with van der Waals surface area (Å²) in [7, 11) is -3.49. The summed E-state index contributed by atoms with van der Waals surface area (Å²) in [5.41, 5.74) is 0. The maximum absolute atomic E-state index is 12.5. The molecule has 0 spiro atoms. The van der Waals surface area contributed by atoms with Gasteiger partial charge in [0.05, 0.1) is 5.88 Å². The molecule has 0 N–H and O–H groups in total. The molecule has 19 heavy (non-hydrogen) atoms. The van der Waals surface area contributed by atoms with E-state index in [1.54, 1.807) is 0 Å². The molecule has 1 aromatic heterocycles. The summed E-state index contributed by atoms with van der Waals surface area (Å²) < 4.78 is 32.1. The molecule has 1 atom stereocenters. The van der Waals surface area contributed by atoms with Gasteiger partial charge in [-0.05, 0) is 34.2 Å². The van der Waals surface area contributed by atoms with E-state index in [0.29, 0.717) is 30.7 Å². The molecule has 0 radical (unpaired) electrons. The van der Waals surface area contributed by atoms with Crippen LogP contribution in [0.4, 0.5) is 0 Å². The molecule has 4 nitrogen and oxygen atoms in total. The van der Waals surface area contributed by atoms with Crippen LogP contribution in [0, 0.1) is 11.8 Å². The molecule has 0 aromatic carbocycles. The van der Waals surface area contributed by atoms with Crippen LogP contribution in [0.3, 0.4) is 0 Å². The Morgan fingerprint density at radius 1 is 1.58 bits per heavy atom. The molecule has 1 saturated heterocycles. The molecule has 1 aromatic rings. The first-order chi connectivity index (χ1) is 8.86. The lowest BCUT2D eigenvalue weighted by molar-refractivity contribution is 0.388. The summed E-state index contributed by atoms with van der Waals surface area (Å²) in [6, 6.07) is 1.50. The van der Waals surface area contributed by atoms with Gasteiger partial charge < -0.3 is 4.42 Å². The fraction of sp³-hybridized carbons (Fsp3) is 0.667. The molecule has 1 aliphatic rings. The quantitative estimate of drug-likeness (QED) is 0.763. The number of hydrogen-bond acceptors (Lipinski definition) is 3. The number of sulfonamides is 1. The van der Waals surface area contributed by atoms with Crippen LogP contribution in [0.1, 0.15) is 26.0 Å². The van der Waals surface area contributed by atoms with Crippen molar-refractivity contribution in [2.24, 2.45) is 11.8 Å². The van der Waals surface area contributed by atoms with Crippen LogP contribution in [0.2, 0.25) is 0 Å². The van der Waals surface area contributed by atoms with Gasteiger partial charge in [-0.15, -0.1) is 11.6 Å². The summed E-state index contributed by atoms with van der Waals surface area (Å²) in [6.07, 6.45) is 0.911. The lowest BCUT2D eigenvalue weighted by atomic mass is 9.96. The smallest absolute Gasteiger partial charge is 0.247 e. The van der Waals surface area contributed by atoms with Crippen molar-refractivity contribution >= 4 is 37.6 Å². The van der Waals surface area contributed by atoms with Gasteiger partial charge in [-0.3, -0.25) is 0 Å². The number of furan rings is 1. The molecule has 2 heterocycles. The Balaban J connectivity index is 2.26. The van der Waals surface area contributed by atoms with E-state index in [1.807, 2.05) is 0 Å². The first-order valence-electron chi connectivity index (χ1n) is 6.20. The zero-order chi connectivity index (χ0) is 14.2. The van der Waals surface area contributed by atoms with Crippen molar-refractivity contribution in [2.45, 2.75) is 31.0 Å². The Hall–Kier alpha value is -0.0400. The molecule has 0 aliphatic carbocycles. The SMILES string of the molecule is CC(C)C1CCN(S(=O)(=O)c2cc(CCl)oc2Br)C1. The minimum absolute atomic E-state index is 0.155. The maximum atomic E-state index is 12.5. The topological polar surface area (TPSA) is 50.5 Å². The average Bonchev–Trinajstić information content (AvgIpc) is 2.95. The molecule has 108 valence electrons. The highest BCUT2D eigenvalue weighted by molar-refractivity contribution is 9.10. The van der Waals surface area contributed by atoms with Crippen LogP contribution in [-0.4, -0.2) is 25.8 Å². The zero-order valence-corrected chi connectivity index (χ0v) is 14.1. The van der Waals surface area contributed by atoms with Gasteiger partial charge in [0.2, 0.25) is 10.0 Å². The highest BCUT2D eigenvalue weighted by atomic mass is 79.9. The third-order valence-electron chi connectivity index (χ3n) is 3.59. The predicted octanol–water partition coefficient (Wildman–Crippen LogP) is 3.45. The molecule has 0 bridgehead atoms. The van der Waals surface area contributed by atoms with Crippen molar-refractivity contribution in [2.75, 3.05) is 13.1 Å². The van der Waals surface area contributed by atoms with Crippen molar-refractivity contribution in [3.05, 3.63) is 16.5 Å². The van der Waals surface area contributed by atoms with Crippen molar-refractivity contribution in [3.63, 3.8) is 0 Å². The first kappa shape index (κ1) is 15.4. The van der Waals surface area contributed by atoms with E-state index in [9.17, 15) is 8.42 Å². The molecule has 1 unspecified atom stereocenters. The third kappa shape index (κ3) is 3.01. The molecule has 1 fully saturated rings. The third-order valence-corrected chi connectivity index (χ3v) is 6.57. The van der Waals surface area contributed by atoms with Gasteiger partial charge in [-0.25, -0.2) is 8.42 Å². The molecule has 0 saturated carbocycles. The second-order valence-corrected chi connectivity index (χ2v) is 8.03. The van der Waals surface area contributed by atoms with Gasteiger partial charge >= 0.3 is 0 Å². The van der Waals surface area contributed by atoms with Crippen molar-refractivity contribution in [1.29, 1.82) is 0 Å². The minimum atomic E-state index is -3.49.